The molecule has 8 heteroatoms. The van der Waals surface area contributed by atoms with E-state index in [4.69, 9.17) is 5.11 Å². The number of nitrogens with one attached hydrogen (secondary N) is 1. The molecule has 1 aromatic heterocycles. The lowest BCUT2D eigenvalue weighted by atomic mass is 10.2. The Labute approximate surface area is 127 Å². The number of halogens is 1. The van der Waals surface area contributed by atoms with Crippen LogP contribution in [0.2, 0.25) is 0 Å². The van der Waals surface area contributed by atoms with Gasteiger partial charge in [0.1, 0.15) is 12.6 Å². The van der Waals surface area contributed by atoms with Crippen molar-refractivity contribution >= 4 is 51.1 Å². The molecule has 0 bridgehead atoms. The molecule has 0 spiro atoms. The molecule has 2 N–H and O–H groups in total. The van der Waals surface area contributed by atoms with Crippen molar-refractivity contribution in [2.75, 3.05) is 13.1 Å². The summed E-state index contributed by atoms with van der Waals surface area (Å²) in [5.41, 5.74) is 0. The molecule has 1 saturated heterocycles. The first-order valence-corrected chi connectivity index (χ1v) is 7.32. The van der Waals surface area contributed by atoms with Crippen LogP contribution in [0, 0.1) is 0 Å². The summed E-state index contributed by atoms with van der Waals surface area (Å²) < 4.78 is 0.936. The molecule has 6 nitrogen and oxygen atoms in total. The number of rotatable bonds is 3. The first kappa shape index (κ1) is 14.7. The minimum Gasteiger partial charge on any atom is -0.480 e. The van der Waals surface area contributed by atoms with E-state index in [1.807, 2.05) is 12.1 Å². The number of amides is 2. The Morgan fingerprint density at radius 3 is 2.85 bits per heavy atom. The topological polar surface area (TPSA) is 86.7 Å². The zero-order valence-electron chi connectivity index (χ0n) is 10.2. The highest BCUT2D eigenvalue weighted by molar-refractivity contribution is 9.11. The molecule has 0 radical (unpaired) electrons. The highest BCUT2D eigenvalue weighted by Gasteiger charge is 2.34. The molecule has 1 fully saturated rings. The third-order valence-corrected chi connectivity index (χ3v) is 4.32. The van der Waals surface area contributed by atoms with E-state index in [0.717, 1.165) is 13.6 Å². The van der Waals surface area contributed by atoms with E-state index < -0.39 is 17.9 Å². The van der Waals surface area contributed by atoms with Gasteiger partial charge in [0.2, 0.25) is 11.8 Å². The summed E-state index contributed by atoms with van der Waals surface area (Å²) in [6, 6.07) is 2.65. The maximum atomic E-state index is 12.0. The summed E-state index contributed by atoms with van der Waals surface area (Å²) in [5.74, 6) is -1.98. The molecule has 1 aromatic rings. The molecule has 1 unspecified atom stereocenters. The van der Waals surface area contributed by atoms with Gasteiger partial charge in [0.15, 0.2) is 0 Å². The number of piperazine rings is 1. The molecule has 1 aliphatic rings. The van der Waals surface area contributed by atoms with Gasteiger partial charge in [-0.25, -0.2) is 4.79 Å². The number of carbonyl (C=O) groups is 3. The number of carbonyl (C=O) groups excluding carboxylic acids is 2. The van der Waals surface area contributed by atoms with E-state index in [1.165, 1.54) is 17.4 Å². The third-order valence-electron chi connectivity index (χ3n) is 2.74. The third kappa shape index (κ3) is 3.45. The average Bonchev–Trinajstić information content (AvgIpc) is 2.81. The van der Waals surface area contributed by atoms with Gasteiger partial charge in [-0.2, -0.15) is 0 Å². The fourth-order valence-electron chi connectivity index (χ4n) is 1.76. The SMILES string of the molecule is O=C1CN(C(=O)/C=C/c2ccc(Br)s2)C(C(=O)O)CN1. The fraction of sp³-hybridized carbons (Fsp3) is 0.250. The average molecular weight is 359 g/mol. The summed E-state index contributed by atoms with van der Waals surface area (Å²) in [6.45, 7) is -0.313. The molecule has 0 aromatic carbocycles. The normalized spacial score (nSPS) is 19.1. The summed E-state index contributed by atoms with van der Waals surface area (Å²) in [4.78, 5) is 36.3. The molecular formula is C12H11BrN2O4S. The van der Waals surface area contributed by atoms with Crippen LogP contribution in [-0.2, 0) is 14.4 Å². The van der Waals surface area contributed by atoms with E-state index in [0.29, 0.717) is 0 Å². The quantitative estimate of drug-likeness (QED) is 0.787. The second-order valence-corrected chi connectivity index (χ2v) is 6.59. The van der Waals surface area contributed by atoms with Gasteiger partial charge in [0.25, 0.3) is 0 Å². The Kier molecular flexibility index (Phi) is 4.56. The summed E-state index contributed by atoms with van der Waals surface area (Å²) in [6.07, 6.45) is 2.88. The Balaban J connectivity index is 2.11. The minimum absolute atomic E-state index is 0.0711. The first-order valence-electron chi connectivity index (χ1n) is 5.71. The van der Waals surface area contributed by atoms with E-state index in [2.05, 4.69) is 21.2 Å². The lowest BCUT2D eigenvalue weighted by molar-refractivity contribution is -0.152. The van der Waals surface area contributed by atoms with Crippen LogP contribution in [0.4, 0.5) is 0 Å². The lowest BCUT2D eigenvalue weighted by Crippen LogP contribution is -2.59. The molecule has 2 heterocycles. The van der Waals surface area contributed by atoms with Crippen LogP contribution >= 0.6 is 27.3 Å². The largest absolute Gasteiger partial charge is 0.480 e. The van der Waals surface area contributed by atoms with Crippen LogP contribution in [0.3, 0.4) is 0 Å². The summed E-state index contributed by atoms with van der Waals surface area (Å²) in [5, 5.41) is 11.5. The van der Waals surface area contributed by atoms with Crippen LogP contribution in [-0.4, -0.2) is 46.9 Å². The van der Waals surface area contributed by atoms with Crippen molar-refractivity contribution in [2.24, 2.45) is 0 Å². The Morgan fingerprint density at radius 2 is 2.25 bits per heavy atom. The molecule has 1 atom stereocenters. The molecule has 1 aliphatic heterocycles. The molecule has 0 aliphatic carbocycles. The van der Waals surface area contributed by atoms with Crippen molar-refractivity contribution < 1.29 is 19.5 Å². The Bertz CT molecular complexity index is 584. The second-order valence-electron chi connectivity index (χ2n) is 4.10. The standard InChI is InChI=1S/C12H11BrN2O4S/c13-9-3-1-7(20-9)2-4-11(17)15-6-10(16)14-5-8(15)12(18)19/h1-4,8H,5-6H2,(H,14,16)(H,18,19)/b4-2+. The predicted molar refractivity (Wildman–Crippen MR) is 77.2 cm³/mol. The number of carboxylic acids is 1. The Hall–Kier alpha value is -1.67. The molecule has 106 valence electrons. The number of carboxylic acid groups (broad SMARTS) is 1. The number of aliphatic carboxylic acids is 1. The highest BCUT2D eigenvalue weighted by atomic mass is 79.9. The van der Waals surface area contributed by atoms with E-state index in [9.17, 15) is 14.4 Å². The zero-order chi connectivity index (χ0) is 14.7. The molecule has 2 amide bonds. The minimum atomic E-state index is -1.13. The molecule has 0 saturated carbocycles. The molecular weight excluding hydrogens is 348 g/mol. The van der Waals surface area contributed by atoms with Crippen molar-refractivity contribution in [3.63, 3.8) is 0 Å². The summed E-state index contributed by atoms with van der Waals surface area (Å²) >= 11 is 4.76. The van der Waals surface area contributed by atoms with Crippen LogP contribution in [0.25, 0.3) is 6.08 Å². The van der Waals surface area contributed by atoms with Crippen molar-refractivity contribution in [3.05, 3.63) is 26.9 Å². The smallest absolute Gasteiger partial charge is 0.328 e. The van der Waals surface area contributed by atoms with Gasteiger partial charge in [-0.1, -0.05) is 0 Å². The van der Waals surface area contributed by atoms with E-state index in [1.54, 1.807) is 6.08 Å². The highest BCUT2D eigenvalue weighted by Crippen LogP contribution is 2.23. The van der Waals surface area contributed by atoms with Gasteiger partial charge in [0, 0.05) is 17.5 Å². The van der Waals surface area contributed by atoms with Crippen LogP contribution in [0.15, 0.2) is 22.0 Å². The van der Waals surface area contributed by atoms with Crippen LogP contribution in [0.5, 0.6) is 0 Å². The number of thiophene rings is 1. The monoisotopic (exact) mass is 358 g/mol. The van der Waals surface area contributed by atoms with Crippen LogP contribution in [0.1, 0.15) is 4.88 Å². The van der Waals surface area contributed by atoms with Crippen molar-refractivity contribution in [3.8, 4) is 0 Å². The van der Waals surface area contributed by atoms with E-state index >= 15 is 0 Å². The van der Waals surface area contributed by atoms with Gasteiger partial charge in [-0.15, -0.1) is 11.3 Å². The van der Waals surface area contributed by atoms with Crippen LogP contribution < -0.4 is 5.32 Å². The second kappa shape index (κ2) is 6.19. The zero-order valence-corrected chi connectivity index (χ0v) is 12.6. The molecule has 20 heavy (non-hydrogen) atoms. The lowest BCUT2D eigenvalue weighted by Gasteiger charge is -2.31. The summed E-state index contributed by atoms with van der Waals surface area (Å²) in [7, 11) is 0. The van der Waals surface area contributed by atoms with Gasteiger partial charge >= 0.3 is 5.97 Å². The van der Waals surface area contributed by atoms with Gasteiger partial charge in [-0.3, -0.25) is 9.59 Å². The predicted octanol–water partition coefficient (Wildman–Crippen LogP) is 0.935. The van der Waals surface area contributed by atoms with Gasteiger partial charge < -0.3 is 15.3 Å². The van der Waals surface area contributed by atoms with E-state index in [-0.39, 0.29) is 19.0 Å². The number of hydrogen-bond acceptors (Lipinski definition) is 4. The maximum Gasteiger partial charge on any atom is 0.328 e. The van der Waals surface area contributed by atoms with Crippen molar-refractivity contribution in [1.29, 1.82) is 0 Å². The van der Waals surface area contributed by atoms with Crippen molar-refractivity contribution in [1.82, 2.24) is 10.2 Å². The van der Waals surface area contributed by atoms with Gasteiger partial charge in [0.05, 0.1) is 3.79 Å². The van der Waals surface area contributed by atoms with Crippen molar-refractivity contribution in [2.45, 2.75) is 6.04 Å². The number of hydrogen-bond donors (Lipinski definition) is 2. The fourth-order valence-corrected chi connectivity index (χ4v) is 3.09. The maximum absolute atomic E-state index is 12.0. The van der Waals surface area contributed by atoms with Gasteiger partial charge in [-0.05, 0) is 34.1 Å². The Morgan fingerprint density at radius 1 is 1.50 bits per heavy atom. The first-order chi connectivity index (χ1) is 9.47. The molecule has 2 rings (SSSR count). The number of nitrogens with zero attached hydrogens (tertiary/aromatic N) is 1.